The van der Waals surface area contributed by atoms with E-state index in [-0.39, 0.29) is 6.42 Å². The van der Waals surface area contributed by atoms with Gasteiger partial charge in [0.2, 0.25) is 11.8 Å². The molecule has 2 amide bonds. The molecule has 1 saturated carbocycles. The number of halogens is 1. The van der Waals surface area contributed by atoms with Gasteiger partial charge in [-0.2, -0.15) is 0 Å². The van der Waals surface area contributed by atoms with Gasteiger partial charge in [-0.3, -0.25) is 14.4 Å². The van der Waals surface area contributed by atoms with Crippen molar-refractivity contribution in [3.63, 3.8) is 0 Å². The molecule has 4 atom stereocenters. The number of ether oxygens (including phenoxy) is 2. The van der Waals surface area contributed by atoms with Gasteiger partial charge in [0, 0.05) is 23.7 Å². The summed E-state index contributed by atoms with van der Waals surface area (Å²) in [5, 5.41) is 17.1. The van der Waals surface area contributed by atoms with E-state index in [0.29, 0.717) is 32.9 Å². The van der Waals surface area contributed by atoms with E-state index in [1.165, 1.54) is 21.1 Å². The van der Waals surface area contributed by atoms with Gasteiger partial charge in [-0.05, 0) is 64.8 Å². The number of aliphatic hydroxyl groups is 1. The summed E-state index contributed by atoms with van der Waals surface area (Å²) in [5.74, 6) is -4.21. The smallest absolute Gasteiger partial charge is 0.235 e. The van der Waals surface area contributed by atoms with E-state index in [4.69, 9.17) is 9.47 Å². The summed E-state index contributed by atoms with van der Waals surface area (Å²) in [6, 6.07) is 20.9. The van der Waals surface area contributed by atoms with Gasteiger partial charge in [0.05, 0.1) is 30.2 Å². The number of nitrogens with one attached hydrogen (secondary N) is 2. The summed E-state index contributed by atoms with van der Waals surface area (Å²) in [4.78, 5) is 40.9. The number of hydrogen-bond acceptors (Lipinski definition) is 6. The molecule has 0 aromatic heterocycles. The highest BCUT2D eigenvalue weighted by molar-refractivity contribution is 9.10. The molecule has 4 unspecified atom stereocenters. The van der Waals surface area contributed by atoms with Gasteiger partial charge >= 0.3 is 0 Å². The fraction of sp³-hybridized carbons (Fsp3) is 0.276. The minimum absolute atomic E-state index is 0.346. The molecule has 0 spiro atoms. The Morgan fingerprint density at radius 3 is 2.00 bits per heavy atom. The molecule has 0 saturated heterocycles. The fourth-order valence-corrected chi connectivity index (χ4v) is 5.73. The van der Waals surface area contributed by atoms with Gasteiger partial charge in [-0.1, -0.05) is 36.4 Å². The lowest BCUT2D eigenvalue weighted by Gasteiger charge is -2.44. The van der Waals surface area contributed by atoms with E-state index in [1.807, 2.05) is 12.1 Å². The highest BCUT2D eigenvalue weighted by Crippen LogP contribution is 2.49. The number of Topliss-reactive ketones (excluding diaryl/α,β-unsaturated/α-hetero) is 1. The Morgan fingerprint density at radius 2 is 1.47 bits per heavy atom. The Balaban J connectivity index is 1.85. The van der Waals surface area contributed by atoms with E-state index in [9.17, 15) is 19.5 Å². The third kappa shape index (κ3) is 5.58. The Kier molecular flexibility index (Phi) is 8.18. The lowest BCUT2D eigenvalue weighted by atomic mass is 9.61. The van der Waals surface area contributed by atoms with Gasteiger partial charge in [0.15, 0.2) is 11.5 Å². The average Bonchev–Trinajstić information content (AvgIpc) is 2.88. The van der Waals surface area contributed by atoms with Crippen LogP contribution in [0.1, 0.15) is 24.8 Å². The number of carbonyl (C=O) groups is 3. The fourth-order valence-electron chi connectivity index (χ4n) is 5.11. The maximum atomic E-state index is 13.8. The lowest BCUT2D eigenvalue weighted by Crippen LogP contribution is -2.56. The monoisotopic (exact) mass is 580 g/mol. The highest BCUT2D eigenvalue weighted by atomic mass is 79.9. The molecule has 3 aromatic carbocycles. The minimum atomic E-state index is -1.73. The van der Waals surface area contributed by atoms with E-state index in [2.05, 4.69) is 26.6 Å². The molecular weight excluding hydrogens is 552 g/mol. The summed E-state index contributed by atoms with van der Waals surface area (Å²) in [7, 11) is 2.96. The Morgan fingerprint density at radius 1 is 0.921 bits per heavy atom. The van der Waals surface area contributed by atoms with Crippen molar-refractivity contribution in [1.29, 1.82) is 0 Å². The molecular formula is C29H29BrN2O6. The zero-order valence-electron chi connectivity index (χ0n) is 21.2. The summed E-state index contributed by atoms with van der Waals surface area (Å²) < 4.78 is 11.4. The molecule has 1 aliphatic carbocycles. The first-order valence-electron chi connectivity index (χ1n) is 12.0. The van der Waals surface area contributed by atoms with Crippen molar-refractivity contribution in [2.75, 3.05) is 24.9 Å². The maximum absolute atomic E-state index is 13.8. The molecule has 0 heterocycles. The molecule has 1 fully saturated rings. The van der Waals surface area contributed by atoms with E-state index < -0.39 is 41.0 Å². The van der Waals surface area contributed by atoms with Gasteiger partial charge in [-0.25, -0.2) is 0 Å². The molecule has 8 nitrogen and oxygen atoms in total. The molecule has 1 aliphatic rings. The normalized spacial score (nSPS) is 22.9. The Bertz CT molecular complexity index is 1330. The molecule has 3 aromatic rings. The molecule has 0 aliphatic heterocycles. The van der Waals surface area contributed by atoms with Crippen LogP contribution in [0.15, 0.2) is 77.3 Å². The van der Waals surface area contributed by atoms with E-state index >= 15 is 0 Å². The van der Waals surface area contributed by atoms with Crippen molar-refractivity contribution in [1.82, 2.24) is 0 Å². The quantitative estimate of drug-likeness (QED) is 0.346. The second-order valence-corrected chi connectivity index (χ2v) is 10.3. The molecule has 0 radical (unpaired) electrons. The van der Waals surface area contributed by atoms with Crippen LogP contribution in [0.4, 0.5) is 11.4 Å². The summed E-state index contributed by atoms with van der Waals surface area (Å²) in [6.07, 6.45) is -0.363. The number of benzene rings is 3. The van der Waals surface area contributed by atoms with Crippen LogP contribution in [0.2, 0.25) is 0 Å². The summed E-state index contributed by atoms with van der Waals surface area (Å²) in [6.45, 7) is 1.45. The number of anilines is 2. The summed E-state index contributed by atoms with van der Waals surface area (Å²) in [5.41, 5.74) is -0.226. The lowest BCUT2D eigenvalue weighted by molar-refractivity contribution is -0.150. The van der Waals surface area contributed by atoms with Crippen LogP contribution in [0, 0.1) is 11.8 Å². The standard InChI is InChI=1S/C29H29BrN2O6/c1-29(36)16-21(33)24(27(34)31-18-10-6-4-7-11-18)23(17-14-20(30)26(38-3)22(15-17)37-2)25(29)28(35)32-19-12-8-5-9-13-19/h4-15,23-25,36H,16H2,1-3H3,(H,31,34)(H,32,35). The number of ketones is 1. The molecule has 38 heavy (non-hydrogen) atoms. The van der Waals surface area contributed by atoms with Crippen LogP contribution >= 0.6 is 15.9 Å². The molecule has 0 bridgehead atoms. The zero-order chi connectivity index (χ0) is 27.4. The number of para-hydroxylation sites is 2. The van der Waals surface area contributed by atoms with Gasteiger partial charge in [0.1, 0.15) is 11.7 Å². The van der Waals surface area contributed by atoms with Crippen molar-refractivity contribution < 1.29 is 29.0 Å². The maximum Gasteiger partial charge on any atom is 0.235 e. The first-order chi connectivity index (χ1) is 18.2. The van der Waals surface area contributed by atoms with Crippen molar-refractivity contribution in [2.45, 2.75) is 24.9 Å². The van der Waals surface area contributed by atoms with Crippen LogP contribution < -0.4 is 20.1 Å². The van der Waals surface area contributed by atoms with Crippen molar-refractivity contribution in [2.24, 2.45) is 11.8 Å². The molecule has 198 valence electrons. The third-order valence-electron chi connectivity index (χ3n) is 6.76. The Labute approximate surface area is 229 Å². The minimum Gasteiger partial charge on any atom is -0.493 e. The SMILES string of the molecule is COc1cc(C2C(C(=O)Nc3ccccc3)C(=O)CC(C)(O)C2C(=O)Nc2ccccc2)cc(Br)c1OC. The number of carbonyl (C=O) groups excluding carboxylic acids is 3. The predicted molar refractivity (Wildman–Crippen MR) is 147 cm³/mol. The number of amides is 2. The predicted octanol–water partition coefficient (Wildman–Crippen LogP) is 4.78. The van der Waals surface area contributed by atoms with Gasteiger partial charge < -0.3 is 25.2 Å². The van der Waals surface area contributed by atoms with E-state index in [0.717, 1.165) is 0 Å². The summed E-state index contributed by atoms with van der Waals surface area (Å²) >= 11 is 3.48. The van der Waals surface area contributed by atoms with Gasteiger partial charge in [0.25, 0.3) is 0 Å². The van der Waals surface area contributed by atoms with Crippen LogP contribution in [0.5, 0.6) is 11.5 Å². The first kappa shape index (κ1) is 27.3. The average molecular weight is 581 g/mol. The van der Waals surface area contributed by atoms with Crippen LogP contribution in [-0.4, -0.2) is 42.5 Å². The van der Waals surface area contributed by atoms with E-state index in [1.54, 1.807) is 60.7 Å². The molecule has 3 N–H and O–H groups in total. The second-order valence-electron chi connectivity index (χ2n) is 9.43. The van der Waals surface area contributed by atoms with Crippen LogP contribution in [-0.2, 0) is 14.4 Å². The highest BCUT2D eigenvalue weighted by Gasteiger charge is 2.56. The van der Waals surface area contributed by atoms with Crippen molar-refractivity contribution >= 4 is 44.9 Å². The number of methoxy groups -OCH3 is 2. The molecule has 9 heteroatoms. The zero-order valence-corrected chi connectivity index (χ0v) is 22.8. The topological polar surface area (TPSA) is 114 Å². The van der Waals surface area contributed by atoms with Crippen molar-refractivity contribution in [3.05, 3.63) is 82.8 Å². The second kappa shape index (κ2) is 11.4. The van der Waals surface area contributed by atoms with Crippen molar-refractivity contribution in [3.8, 4) is 11.5 Å². The van der Waals surface area contributed by atoms with Crippen LogP contribution in [0.3, 0.4) is 0 Å². The largest absolute Gasteiger partial charge is 0.493 e. The molecule has 4 rings (SSSR count). The number of hydrogen-bond donors (Lipinski definition) is 3. The Hall–Kier alpha value is -3.69. The third-order valence-corrected chi connectivity index (χ3v) is 7.34. The number of rotatable bonds is 7. The first-order valence-corrected chi connectivity index (χ1v) is 12.8. The van der Waals surface area contributed by atoms with Gasteiger partial charge in [-0.15, -0.1) is 0 Å². The van der Waals surface area contributed by atoms with Crippen LogP contribution in [0.25, 0.3) is 0 Å².